The average molecular weight is 449 g/mol. The van der Waals surface area contributed by atoms with Crippen molar-refractivity contribution in [3.05, 3.63) is 59.5 Å². The summed E-state index contributed by atoms with van der Waals surface area (Å²) in [7, 11) is 0. The fourth-order valence-corrected chi connectivity index (χ4v) is 4.66. The molecule has 1 atom stereocenters. The molecule has 0 radical (unpaired) electrons. The van der Waals surface area contributed by atoms with Gasteiger partial charge in [-0.2, -0.15) is 13.2 Å². The highest BCUT2D eigenvalue weighted by Gasteiger charge is 2.32. The van der Waals surface area contributed by atoms with E-state index < -0.39 is 11.7 Å². The molecule has 4 rings (SSSR count). The quantitative estimate of drug-likeness (QED) is 0.519. The zero-order chi connectivity index (χ0) is 22.0. The number of pyridine rings is 1. The normalized spacial score (nSPS) is 17.3. The minimum absolute atomic E-state index is 0.0640. The molecule has 1 fully saturated rings. The molecular weight excluding hydrogens is 425 g/mol. The van der Waals surface area contributed by atoms with Gasteiger partial charge < -0.3 is 4.90 Å². The molecule has 164 valence electrons. The largest absolute Gasteiger partial charge is 0.417 e. The third-order valence-electron chi connectivity index (χ3n) is 5.50. The van der Waals surface area contributed by atoms with Gasteiger partial charge in [-0.3, -0.25) is 9.20 Å². The Morgan fingerprint density at radius 2 is 1.94 bits per heavy atom. The molecule has 0 N–H and O–H groups in total. The minimum atomic E-state index is -4.43. The molecule has 1 saturated heterocycles. The van der Waals surface area contributed by atoms with Crippen LogP contribution in [0.5, 0.6) is 0 Å². The van der Waals surface area contributed by atoms with Gasteiger partial charge in [0.1, 0.15) is 5.82 Å². The number of hydrogen-bond acceptors (Lipinski definition) is 4. The number of likely N-dealkylation sites (tertiary alicyclic amines) is 1. The number of benzene rings is 1. The molecule has 3 heterocycles. The molecule has 0 bridgehead atoms. The highest BCUT2D eigenvalue weighted by Crippen LogP contribution is 2.31. The van der Waals surface area contributed by atoms with Crippen LogP contribution in [0, 0.1) is 6.92 Å². The number of fused-ring (bicyclic) bond motifs is 1. The molecule has 1 amide bonds. The second-order valence-corrected chi connectivity index (χ2v) is 8.96. The summed E-state index contributed by atoms with van der Waals surface area (Å²) in [5, 5.41) is 8.16. The number of halogens is 3. The molecule has 1 aromatic carbocycles. The van der Waals surface area contributed by atoms with E-state index in [1.807, 2.05) is 31.2 Å². The monoisotopic (exact) mass is 448 g/mol. The number of carbonyl (C=O) groups is 1. The summed E-state index contributed by atoms with van der Waals surface area (Å²) >= 11 is 1.65. The van der Waals surface area contributed by atoms with E-state index in [9.17, 15) is 18.0 Å². The number of alkyl halides is 3. The van der Waals surface area contributed by atoms with Crippen molar-refractivity contribution in [1.29, 1.82) is 0 Å². The fourth-order valence-electron chi connectivity index (χ4n) is 3.82. The van der Waals surface area contributed by atoms with Gasteiger partial charge in [-0.1, -0.05) is 17.7 Å². The van der Waals surface area contributed by atoms with Crippen molar-refractivity contribution in [1.82, 2.24) is 19.5 Å². The SMILES string of the molecule is Cc1ccc(SCCC(=O)N2CCCC(c3nnc4ccc(C(F)(F)F)cn34)C2)cc1. The molecule has 5 nitrogen and oxygen atoms in total. The number of carbonyl (C=O) groups excluding carboxylic acids is 1. The predicted molar refractivity (Wildman–Crippen MR) is 113 cm³/mol. The van der Waals surface area contributed by atoms with Crippen LogP contribution in [0.3, 0.4) is 0 Å². The van der Waals surface area contributed by atoms with E-state index in [1.54, 1.807) is 16.7 Å². The van der Waals surface area contributed by atoms with E-state index in [2.05, 4.69) is 10.2 Å². The maximum Gasteiger partial charge on any atom is 0.417 e. The summed E-state index contributed by atoms with van der Waals surface area (Å²) in [6.07, 6.45) is -1.42. The molecular formula is C22H23F3N4OS. The van der Waals surface area contributed by atoms with Crippen molar-refractivity contribution < 1.29 is 18.0 Å². The Balaban J connectivity index is 1.41. The summed E-state index contributed by atoms with van der Waals surface area (Å²) in [6.45, 7) is 3.15. The Labute approximate surface area is 182 Å². The predicted octanol–water partition coefficient (Wildman–Crippen LogP) is 4.94. The van der Waals surface area contributed by atoms with Crippen LogP contribution in [0.4, 0.5) is 13.2 Å². The third-order valence-corrected chi connectivity index (χ3v) is 6.51. The Bertz CT molecular complexity index is 1060. The molecule has 9 heteroatoms. The van der Waals surface area contributed by atoms with Gasteiger partial charge in [-0.25, -0.2) is 0 Å². The first-order valence-electron chi connectivity index (χ1n) is 10.2. The average Bonchev–Trinajstić information content (AvgIpc) is 3.18. The lowest BCUT2D eigenvalue weighted by atomic mass is 9.97. The number of aromatic nitrogens is 3. The van der Waals surface area contributed by atoms with E-state index in [0.717, 1.165) is 30.0 Å². The Morgan fingerprint density at radius 1 is 1.16 bits per heavy atom. The molecule has 2 aromatic heterocycles. The van der Waals surface area contributed by atoms with Gasteiger partial charge in [0.15, 0.2) is 5.65 Å². The van der Waals surface area contributed by atoms with E-state index in [-0.39, 0.29) is 11.8 Å². The van der Waals surface area contributed by atoms with Crippen LogP contribution in [0.15, 0.2) is 47.5 Å². The number of hydrogen-bond donors (Lipinski definition) is 0. The van der Waals surface area contributed by atoms with Crippen LogP contribution >= 0.6 is 11.8 Å². The zero-order valence-electron chi connectivity index (χ0n) is 17.1. The van der Waals surface area contributed by atoms with Crippen LogP contribution in [-0.2, 0) is 11.0 Å². The Hall–Kier alpha value is -2.55. The maximum absolute atomic E-state index is 13.1. The minimum Gasteiger partial charge on any atom is -0.342 e. The van der Waals surface area contributed by atoms with Gasteiger partial charge in [0, 0.05) is 42.3 Å². The van der Waals surface area contributed by atoms with Gasteiger partial charge in [0.25, 0.3) is 0 Å². The molecule has 0 saturated carbocycles. The van der Waals surface area contributed by atoms with Gasteiger partial charge in [-0.05, 0) is 44.0 Å². The van der Waals surface area contributed by atoms with Crippen molar-refractivity contribution in [3.63, 3.8) is 0 Å². The lowest BCUT2D eigenvalue weighted by molar-refractivity contribution is -0.137. The number of nitrogens with zero attached hydrogens (tertiary/aromatic N) is 4. The topological polar surface area (TPSA) is 50.5 Å². The fraction of sp³-hybridized carbons (Fsp3) is 0.409. The highest BCUT2D eigenvalue weighted by molar-refractivity contribution is 7.99. The van der Waals surface area contributed by atoms with E-state index in [0.29, 0.717) is 36.7 Å². The summed E-state index contributed by atoms with van der Waals surface area (Å²) in [5.74, 6) is 1.09. The Kier molecular flexibility index (Phi) is 6.22. The second kappa shape index (κ2) is 8.90. The molecule has 0 spiro atoms. The first-order chi connectivity index (χ1) is 14.8. The highest BCUT2D eigenvalue weighted by atomic mass is 32.2. The van der Waals surface area contributed by atoms with Gasteiger partial charge in [0.05, 0.1) is 5.56 Å². The van der Waals surface area contributed by atoms with E-state index >= 15 is 0 Å². The van der Waals surface area contributed by atoms with Crippen LogP contribution < -0.4 is 0 Å². The zero-order valence-corrected chi connectivity index (χ0v) is 17.9. The lowest BCUT2D eigenvalue weighted by Crippen LogP contribution is -2.39. The van der Waals surface area contributed by atoms with Gasteiger partial charge >= 0.3 is 6.18 Å². The van der Waals surface area contributed by atoms with Crippen LogP contribution in [0.25, 0.3) is 5.65 Å². The van der Waals surface area contributed by atoms with Crippen molar-refractivity contribution in [2.24, 2.45) is 0 Å². The summed E-state index contributed by atoms with van der Waals surface area (Å²) in [6, 6.07) is 10.5. The number of amides is 1. The van der Waals surface area contributed by atoms with Crippen molar-refractivity contribution in [2.75, 3.05) is 18.8 Å². The second-order valence-electron chi connectivity index (χ2n) is 7.79. The first-order valence-corrected chi connectivity index (χ1v) is 11.2. The first kappa shape index (κ1) is 21.7. The molecule has 1 aliphatic heterocycles. The maximum atomic E-state index is 13.1. The van der Waals surface area contributed by atoms with Gasteiger partial charge in [0.2, 0.25) is 5.91 Å². The number of aryl methyl sites for hydroxylation is 1. The van der Waals surface area contributed by atoms with Crippen molar-refractivity contribution in [3.8, 4) is 0 Å². The van der Waals surface area contributed by atoms with Crippen molar-refractivity contribution >= 4 is 23.3 Å². The number of piperidine rings is 1. The molecule has 1 unspecified atom stereocenters. The smallest absolute Gasteiger partial charge is 0.342 e. The number of thioether (sulfide) groups is 1. The van der Waals surface area contributed by atoms with E-state index in [1.165, 1.54) is 16.0 Å². The molecule has 0 aliphatic carbocycles. The Morgan fingerprint density at radius 3 is 2.68 bits per heavy atom. The van der Waals surface area contributed by atoms with Gasteiger partial charge in [-0.15, -0.1) is 22.0 Å². The molecule has 3 aromatic rings. The third kappa shape index (κ3) is 5.03. The summed E-state index contributed by atoms with van der Waals surface area (Å²) in [4.78, 5) is 15.7. The van der Waals surface area contributed by atoms with Crippen LogP contribution in [-0.4, -0.2) is 44.2 Å². The van der Waals surface area contributed by atoms with E-state index in [4.69, 9.17) is 0 Å². The van der Waals surface area contributed by atoms with Crippen LogP contribution in [0.2, 0.25) is 0 Å². The number of rotatable bonds is 5. The summed E-state index contributed by atoms with van der Waals surface area (Å²) < 4.78 is 40.8. The standard InChI is InChI=1S/C22H23F3N4OS/c1-15-4-7-18(8-5-15)31-12-10-20(30)28-11-2-3-16(13-28)21-27-26-19-9-6-17(14-29(19)21)22(23,24)25/h4-9,14,16H,2-3,10-13H2,1H3. The summed E-state index contributed by atoms with van der Waals surface area (Å²) in [5.41, 5.74) is 0.835. The van der Waals surface area contributed by atoms with Crippen molar-refractivity contribution in [2.45, 2.75) is 43.2 Å². The molecule has 31 heavy (non-hydrogen) atoms. The lowest BCUT2D eigenvalue weighted by Gasteiger charge is -2.32. The van der Waals surface area contributed by atoms with Crippen LogP contribution in [0.1, 0.15) is 42.1 Å². The molecule has 1 aliphatic rings.